The Bertz CT molecular complexity index is 963. The first-order valence-electron chi connectivity index (χ1n) is 9.38. The van der Waals surface area contributed by atoms with Crippen LogP contribution in [0.3, 0.4) is 0 Å². The second kappa shape index (κ2) is 8.00. The van der Waals surface area contributed by atoms with Crippen molar-refractivity contribution in [3.63, 3.8) is 0 Å². The van der Waals surface area contributed by atoms with Crippen molar-refractivity contribution in [3.8, 4) is 0 Å². The molecule has 2 aliphatic heterocycles. The van der Waals surface area contributed by atoms with Gasteiger partial charge in [-0.15, -0.1) is 0 Å². The van der Waals surface area contributed by atoms with Crippen molar-refractivity contribution < 1.29 is 8.78 Å². The van der Waals surface area contributed by atoms with Gasteiger partial charge >= 0.3 is 0 Å². The Kier molecular flexibility index (Phi) is 5.28. The van der Waals surface area contributed by atoms with Crippen LogP contribution in [0, 0.1) is 12.7 Å². The number of nitrogens with one attached hydrogen (secondary N) is 1. The van der Waals surface area contributed by atoms with Crippen LogP contribution in [0.2, 0.25) is 0 Å². The van der Waals surface area contributed by atoms with E-state index in [4.69, 9.17) is 0 Å². The predicted molar refractivity (Wildman–Crippen MR) is 105 cm³/mol. The lowest BCUT2D eigenvalue weighted by atomic mass is 9.59. The number of unbranched alkanes of at least 4 members (excludes halogenated alkanes) is 1. The largest absolute Gasteiger partial charge is 0.347 e. The maximum Gasteiger partial charge on any atom is 0.198 e. The number of hydrogen-bond acceptors (Lipinski definition) is 4. The van der Waals surface area contributed by atoms with Gasteiger partial charge in [-0.1, -0.05) is 23.7 Å². The van der Waals surface area contributed by atoms with Gasteiger partial charge in [0.15, 0.2) is 13.1 Å². The average molecular weight is 380 g/mol. The molecular formula is C20H21BF2N5. The topological polar surface area (TPSA) is 46.0 Å². The Morgan fingerprint density at radius 3 is 2.89 bits per heavy atom. The van der Waals surface area contributed by atoms with E-state index in [0.29, 0.717) is 30.8 Å². The second-order valence-electron chi connectivity index (χ2n) is 6.84. The number of allylic oxidation sites excluding steroid dienone is 1. The van der Waals surface area contributed by atoms with Gasteiger partial charge < -0.3 is 10.2 Å². The van der Waals surface area contributed by atoms with Crippen LogP contribution in [0.5, 0.6) is 0 Å². The molecule has 2 aromatic rings. The second-order valence-corrected chi connectivity index (χ2v) is 6.84. The van der Waals surface area contributed by atoms with Crippen LogP contribution in [0.25, 0.3) is 5.47 Å². The van der Waals surface area contributed by atoms with E-state index in [9.17, 15) is 8.78 Å². The van der Waals surface area contributed by atoms with Crippen LogP contribution in [0.4, 0.5) is 8.78 Å². The highest BCUT2D eigenvalue weighted by molar-refractivity contribution is 6.67. The normalized spacial score (nSPS) is 15.4. The fourth-order valence-electron chi connectivity index (χ4n) is 3.37. The molecule has 5 nitrogen and oxygen atoms in total. The molecule has 0 fully saturated rings. The molecule has 2 aliphatic rings. The lowest BCUT2D eigenvalue weighted by molar-refractivity contribution is 0.437. The predicted octanol–water partition coefficient (Wildman–Crippen LogP) is 3.28. The molecule has 28 heavy (non-hydrogen) atoms. The van der Waals surface area contributed by atoms with Crippen LogP contribution in [-0.4, -0.2) is 33.6 Å². The van der Waals surface area contributed by atoms with Gasteiger partial charge in [-0.25, -0.2) is 14.1 Å². The zero-order valence-corrected chi connectivity index (χ0v) is 15.7. The Hall–Kier alpha value is -2.90. The van der Waals surface area contributed by atoms with Crippen LogP contribution in [0.1, 0.15) is 30.1 Å². The SMILES string of the molecule is Cc1nc(C2=CN3C=CNC3=C(Cc3ccccc3F)[B]2)nn1CCCCF. The van der Waals surface area contributed by atoms with Crippen molar-refractivity contribution in [2.24, 2.45) is 0 Å². The lowest BCUT2D eigenvalue weighted by Crippen LogP contribution is -2.25. The molecule has 0 saturated heterocycles. The summed E-state index contributed by atoms with van der Waals surface area (Å²) < 4.78 is 28.3. The van der Waals surface area contributed by atoms with Gasteiger partial charge in [-0.2, -0.15) is 5.10 Å². The van der Waals surface area contributed by atoms with Gasteiger partial charge in [0, 0.05) is 25.1 Å². The highest BCUT2D eigenvalue weighted by Crippen LogP contribution is 2.28. The first kappa shape index (κ1) is 18.5. The van der Waals surface area contributed by atoms with E-state index in [-0.39, 0.29) is 12.5 Å². The summed E-state index contributed by atoms with van der Waals surface area (Å²) in [4.78, 5) is 6.54. The Labute approximate surface area is 163 Å². The molecule has 0 amide bonds. The molecule has 3 heterocycles. The zero-order valence-electron chi connectivity index (χ0n) is 15.7. The smallest absolute Gasteiger partial charge is 0.198 e. The molecule has 0 saturated carbocycles. The summed E-state index contributed by atoms with van der Waals surface area (Å²) in [7, 11) is 2.00. The maximum atomic E-state index is 14.2. The third-order valence-electron chi connectivity index (χ3n) is 4.83. The van der Waals surface area contributed by atoms with Crippen molar-refractivity contribution in [2.75, 3.05) is 6.67 Å². The standard InChI is InChI=1S/C20H21BF2N5/c1-14-25-19(26-28(14)10-5-4-8-22)17-13-27-11-9-24-20(27)16(21-17)12-15-6-2-3-7-18(15)23/h2-3,6-7,9,11,13,24H,4-5,8,10,12H2,1H3. The van der Waals surface area contributed by atoms with Gasteiger partial charge in [-0.3, -0.25) is 4.39 Å². The summed E-state index contributed by atoms with van der Waals surface area (Å²) >= 11 is 0. The number of benzene rings is 1. The first-order chi connectivity index (χ1) is 13.7. The number of fused-ring (bicyclic) bond motifs is 1. The highest BCUT2D eigenvalue weighted by atomic mass is 19.1. The van der Waals surface area contributed by atoms with Crippen molar-refractivity contribution in [1.82, 2.24) is 25.0 Å². The lowest BCUT2D eigenvalue weighted by Gasteiger charge is -2.24. The number of alkyl halides is 1. The minimum atomic E-state index is -0.319. The molecule has 0 atom stereocenters. The van der Waals surface area contributed by atoms with E-state index in [1.807, 2.05) is 48.5 Å². The summed E-state index contributed by atoms with van der Waals surface area (Å²) in [6.07, 6.45) is 7.42. The molecule has 8 heteroatoms. The summed E-state index contributed by atoms with van der Waals surface area (Å²) in [5.74, 6) is 2.10. The third-order valence-corrected chi connectivity index (χ3v) is 4.83. The van der Waals surface area contributed by atoms with Gasteiger partial charge in [0.05, 0.1) is 6.67 Å². The fraction of sp³-hybridized carbons (Fsp3) is 0.300. The summed E-state index contributed by atoms with van der Waals surface area (Å²) in [5, 5.41) is 7.81. The number of aryl methyl sites for hydroxylation is 2. The number of aromatic nitrogens is 3. The molecule has 143 valence electrons. The number of halogens is 2. The Morgan fingerprint density at radius 1 is 1.21 bits per heavy atom. The molecule has 0 spiro atoms. The van der Waals surface area contributed by atoms with E-state index >= 15 is 0 Å². The molecule has 0 bridgehead atoms. The molecule has 1 N–H and O–H groups in total. The number of hydrogen-bond donors (Lipinski definition) is 1. The monoisotopic (exact) mass is 380 g/mol. The number of rotatable bonds is 7. The van der Waals surface area contributed by atoms with Gasteiger partial charge in [0.25, 0.3) is 0 Å². The van der Waals surface area contributed by atoms with Crippen molar-refractivity contribution in [1.29, 1.82) is 0 Å². The minimum absolute atomic E-state index is 0.219. The molecule has 0 unspecified atom stereocenters. The van der Waals surface area contributed by atoms with Gasteiger partial charge in [0.2, 0.25) is 0 Å². The first-order valence-corrected chi connectivity index (χ1v) is 9.38. The summed E-state index contributed by atoms with van der Waals surface area (Å²) in [6, 6.07) is 6.80. The van der Waals surface area contributed by atoms with E-state index < -0.39 is 0 Å². The zero-order chi connectivity index (χ0) is 19.5. The molecule has 0 aliphatic carbocycles. The molecule has 1 aromatic heterocycles. The Morgan fingerprint density at radius 2 is 2.07 bits per heavy atom. The number of nitrogens with zero attached hydrogens (tertiary/aromatic N) is 4. The Balaban J connectivity index is 1.58. The summed E-state index contributed by atoms with van der Waals surface area (Å²) in [6.45, 7) is 2.22. The van der Waals surface area contributed by atoms with Crippen LogP contribution in [0.15, 0.2) is 54.2 Å². The van der Waals surface area contributed by atoms with Crippen LogP contribution in [-0.2, 0) is 13.0 Å². The van der Waals surface area contributed by atoms with Gasteiger partial charge in [-0.05, 0) is 43.3 Å². The maximum absolute atomic E-state index is 14.2. The molecule has 4 rings (SSSR count). The van der Waals surface area contributed by atoms with Gasteiger partial charge in [0.1, 0.15) is 17.5 Å². The quantitative estimate of drug-likeness (QED) is 0.592. The molecular weight excluding hydrogens is 359 g/mol. The van der Waals surface area contributed by atoms with E-state index in [1.165, 1.54) is 6.07 Å². The molecule has 1 aromatic carbocycles. The van der Waals surface area contributed by atoms with Crippen molar-refractivity contribution >= 4 is 12.8 Å². The van der Waals surface area contributed by atoms with Crippen LogP contribution < -0.4 is 5.32 Å². The molecule has 1 radical (unpaired) electrons. The van der Waals surface area contributed by atoms with Crippen LogP contribution >= 0.6 is 0 Å². The van der Waals surface area contributed by atoms with Crippen molar-refractivity contribution in [2.45, 2.75) is 32.7 Å². The van der Waals surface area contributed by atoms with E-state index in [2.05, 4.69) is 15.4 Å². The highest BCUT2D eigenvalue weighted by Gasteiger charge is 2.26. The minimum Gasteiger partial charge on any atom is -0.347 e. The van der Waals surface area contributed by atoms with E-state index in [0.717, 1.165) is 29.0 Å². The van der Waals surface area contributed by atoms with Crippen molar-refractivity contribution in [3.05, 3.63) is 77.2 Å². The van der Waals surface area contributed by atoms with E-state index in [1.54, 1.807) is 12.1 Å². The third kappa shape index (κ3) is 3.72. The fourth-order valence-corrected chi connectivity index (χ4v) is 3.37. The average Bonchev–Trinajstić information content (AvgIpc) is 3.31. The summed E-state index contributed by atoms with van der Waals surface area (Å²) in [5.41, 5.74) is 2.45.